The van der Waals surface area contributed by atoms with E-state index >= 15 is 0 Å². The molecule has 0 radical (unpaired) electrons. The van der Waals surface area contributed by atoms with E-state index in [4.69, 9.17) is 9.47 Å². The molecule has 0 saturated heterocycles. The summed E-state index contributed by atoms with van der Waals surface area (Å²) in [5.74, 6) is -0.112. The molecule has 0 aliphatic rings. The summed E-state index contributed by atoms with van der Waals surface area (Å²) in [6, 6.07) is 5.54. The van der Waals surface area contributed by atoms with Crippen LogP contribution in [0.4, 0.5) is 0 Å². The molecule has 1 atom stereocenters. The number of carbonyl (C=O) groups excluding carboxylic acids is 1. The second kappa shape index (κ2) is 6.52. The summed E-state index contributed by atoms with van der Waals surface area (Å²) in [4.78, 5) is 12.1. The molecule has 18 heavy (non-hydrogen) atoms. The van der Waals surface area contributed by atoms with Crippen molar-refractivity contribution in [1.29, 1.82) is 0 Å². The van der Waals surface area contributed by atoms with Crippen molar-refractivity contribution in [1.82, 2.24) is 5.32 Å². The average Bonchev–Trinajstić information content (AvgIpc) is 2.30. The smallest absolute Gasteiger partial charge is 0.251 e. The van der Waals surface area contributed by atoms with E-state index in [0.717, 1.165) is 11.1 Å². The Labute approximate surface area is 108 Å². The van der Waals surface area contributed by atoms with Crippen LogP contribution < -0.4 is 5.32 Å². The molecule has 0 bridgehead atoms. The lowest BCUT2D eigenvalue weighted by atomic mass is 10.0. The Balaban J connectivity index is 2.76. The Morgan fingerprint density at radius 3 is 2.33 bits per heavy atom. The van der Waals surface area contributed by atoms with Gasteiger partial charge in [-0.25, -0.2) is 0 Å². The van der Waals surface area contributed by atoms with E-state index in [1.54, 1.807) is 14.2 Å². The number of hydrogen-bond donors (Lipinski definition) is 1. The van der Waals surface area contributed by atoms with Gasteiger partial charge in [-0.15, -0.1) is 0 Å². The fourth-order valence-electron chi connectivity index (χ4n) is 1.93. The minimum atomic E-state index is -0.445. The highest BCUT2D eigenvalue weighted by molar-refractivity contribution is 5.95. The van der Waals surface area contributed by atoms with Gasteiger partial charge in [0.1, 0.15) is 0 Å². The van der Waals surface area contributed by atoms with E-state index in [0.29, 0.717) is 5.56 Å². The summed E-state index contributed by atoms with van der Waals surface area (Å²) in [5.41, 5.74) is 2.79. The van der Waals surface area contributed by atoms with Crippen LogP contribution >= 0.6 is 0 Å². The minimum Gasteiger partial charge on any atom is -0.354 e. The molecule has 1 N–H and O–H groups in total. The van der Waals surface area contributed by atoms with Gasteiger partial charge in [-0.1, -0.05) is 17.7 Å². The quantitative estimate of drug-likeness (QED) is 0.815. The lowest BCUT2D eigenvalue weighted by Crippen LogP contribution is -2.43. The number of benzene rings is 1. The molecular formula is C14H21NO3. The fraction of sp³-hybridized carbons (Fsp3) is 0.500. The van der Waals surface area contributed by atoms with E-state index in [1.807, 2.05) is 39.0 Å². The van der Waals surface area contributed by atoms with Crippen molar-refractivity contribution < 1.29 is 14.3 Å². The van der Waals surface area contributed by atoms with Crippen molar-refractivity contribution >= 4 is 5.91 Å². The van der Waals surface area contributed by atoms with Crippen LogP contribution in [0.15, 0.2) is 18.2 Å². The number of carbonyl (C=O) groups is 1. The van der Waals surface area contributed by atoms with Crippen LogP contribution in [0, 0.1) is 13.8 Å². The Morgan fingerprint density at radius 2 is 1.83 bits per heavy atom. The number of aryl methyl sites for hydroxylation is 2. The van der Waals surface area contributed by atoms with E-state index in [1.165, 1.54) is 0 Å². The van der Waals surface area contributed by atoms with Crippen molar-refractivity contribution in [2.75, 3.05) is 14.2 Å². The second-order valence-electron chi connectivity index (χ2n) is 4.42. The lowest BCUT2D eigenvalue weighted by Gasteiger charge is -2.22. The van der Waals surface area contributed by atoms with E-state index in [2.05, 4.69) is 5.32 Å². The number of rotatable bonds is 5. The molecule has 0 saturated carbocycles. The van der Waals surface area contributed by atoms with E-state index in [9.17, 15) is 4.79 Å². The van der Waals surface area contributed by atoms with Crippen molar-refractivity contribution in [3.05, 3.63) is 34.9 Å². The number of methoxy groups -OCH3 is 2. The fourth-order valence-corrected chi connectivity index (χ4v) is 1.93. The molecule has 0 aliphatic heterocycles. The van der Waals surface area contributed by atoms with Gasteiger partial charge in [0.05, 0.1) is 6.04 Å². The topological polar surface area (TPSA) is 47.6 Å². The zero-order valence-electron chi connectivity index (χ0n) is 11.6. The Kier molecular flexibility index (Phi) is 5.31. The van der Waals surface area contributed by atoms with Gasteiger partial charge in [-0.3, -0.25) is 4.79 Å². The average molecular weight is 251 g/mol. The Hall–Kier alpha value is -1.39. The van der Waals surface area contributed by atoms with Crippen molar-refractivity contribution in [3.63, 3.8) is 0 Å². The first kappa shape index (κ1) is 14.7. The number of nitrogens with one attached hydrogen (secondary N) is 1. The van der Waals surface area contributed by atoms with Gasteiger partial charge in [-0.2, -0.15) is 0 Å². The van der Waals surface area contributed by atoms with Crippen LogP contribution in [0.3, 0.4) is 0 Å². The minimum absolute atomic E-state index is 0.112. The number of ether oxygens (including phenoxy) is 2. The molecule has 1 unspecified atom stereocenters. The van der Waals surface area contributed by atoms with Gasteiger partial charge in [0.25, 0.3) is 5.91 Å². The SMILES string of the molecule is COC(OC)C(C)NC(=O)c1ccc(C)cc1C. The number of hydrogen-bond acceptors (Lipinski definition) is 3. The summed E-state index contributed by atoms with van der Waals surface area (Å²) in [5, 5.41) is 2.87. The van der Waals surface area contributed by atoms with Gasteiger partial charge in [0.2, 0.25) is 0 Å². The summed E-state index contributed by atoms with van der Waals surface area (Å²) < 4.78 is 10.2. The van der Waals surface area contributed by atoms with Crippen LogP contribution in [0.25, 0.3) is 0 Å². The largest absolute Gasteiger partial charge is 0.354 e. The Bertz CT molecular complexity index is 414. The predicted octanol–water partition coefficient (Wildman–Crippen LogP) is 2.04. The van der Waals surface area contributed by atoms with Gasteiger partial charge < -0.3 is 14.8 Å². The summed E-state index contributed by atoms with van der Waals surface area (Å²) in [6.07, 6.45) is -0.445. The molecule has 1 aromatic rings. The van der Waals surface area contributed by atoms with Gasteiger partial charge in [0, 0.05) is 19.8 Å². The first-order valence-electron chi connectivity index (χ1n) is 5.93. The molecule has 0 aliphatic carbocycles. The predicted molar refractivity (Wildman–Crippen MR) is 70.7 cm³/mol. The maximum Gasteiger partial charge on any atom is 0.251 e. The highest BCUT2D eigenvalue weighted by Gasteiger charge is 2.19. The molecule has 1 amide bonds. The van der Waals surface area contributed by atoms with Crippen LogP contribution in [-0.2, 0) is 9.47 Å². The van der Waals surface area contributed by atoms with Crippen LogP contribution in [0.2, 0.25) is 0 Å². The normalized spacial score (nSPS) is 12.6. The first-order chi connectivity index (χ1) is 8.49. The van der Waals surface area contributed by atoms with Crippen LogP contribution in [-0.4, -0.2) is 32.5 Å². The van der Waals surface area contributed by atoms with Gasteiger partial charge >= 0.3 is 0 Å². The molecule has 0 heterocycles. The summed E-state index contributed by atoms with van der Waals surface area (Å²) in [7, 11) is 3.10. The van der Waals surface area contributed by atoms with Crippen molar-refractivity contribution in [2.24, 2.45) is 0 Å². The second-order valence-corrected chi connectivity index (χ2v) is 4.42. The standard InChI is InChI=1S/C14H21NO3/c1-9-6-7-12(10(2)8-9)13(16)15-11(3)14(17-4)18-5/h6-8,11,14H,1-5H3,(H,15,16). The van der Waals surface area contributed by atoms with Gasteiger partial charge in [0.15, 0.2) is 6.29 Å². The summed E-state index contributed by atoms with van der Waals surface area (Å²) in [6.45, 7) is 5.78. The van der Waals surface area contributed by atoms with Gasteiger partial charge in [-0.05, 0) is 32.4 Å². The lowest BCUT2D eigenvalue weighted by molar-refractivity contribution is -0.117. The van der Waals surface area contributed by atoms with Crippen LogP contribution in [0.1, 0.15) is 28.4 Å². The van der Waals surface area contributed by atoms with Crippen LogP contribution in [0.5, 0.6) is 0 Å². The monoisotopic (exact) mass is 251 g/mol. The molecule has 0 spiro atoms. The molecule has 4 nitrogen and oxygen atoms in total. The zero-order chi connectivity index (χ0) is 13.7. The molecule has 4 heteroatoms. The molecule has 1 rings (SSSR count). The Morgan fingerprint density at radius 1 is 1.22 bits per heavy atom. The summed E-state index contributed by atoms with van der Waals surface area (Å²) >= 11 is 0. The molecule has 100 valence electrons. The highest BCUT2D eigenvalue weighted by Crippen LogP contribution is 2.11. The maximum atomic E-state index is 12.1. The molecule has 0 aromatic heterocycles. The third-order valence-corrected chi connectivity index (χ3v) is 2.86. The number of amides is 1. The highest BCUT2D eigenvalue weighted by atomic mass is 16.7. The first-order valence-corrected chi connectivity index (χ1v) is 5.93. The van der Waals surface area contributed by atoms with Crippen molar-refractivity contribution in [2.45, 2.75) is 33.1 Å². The third-order valence-electron chi connectivity index (χ3n) is 2.86. The third kappa shape index (κ3) is 3.55. The van der Waals surface area contributed by atoms with E-state index < -0.39 is 6.29 Å². The molecule has 1 aromatic carbocycles. The van der Waals surface area contributed by atoms with Crippen molar-refractivity contribution in [3.8, 4) is 0 Å². The molecule has 0 fully saturated rings. The molecular weight excluding hydrogens is 230 g/mol. The zero-order valence-corrected chi connectivity index (χ0v) is 11.6. The maximum absolute atomic E-state index is 12.1. The van der Waals surface area contributed by atoms with E-state index in [-0.39, 0.29) is 11.9 Å².